The quantitative estimate of drug-likeness (QED) is 0.268. The highest BCUT2D eigenvalue weighted by atomic mass is 19.4. The number of hydrogen-bond donors (Lipinski definition) is 3. The van der Waals surface area contributed by atoms with Gasteiger partial charge in [0.25, 0.3) is 5.91 Å². The van der Waals surface area contributed by atoms with E-state index < -0.39 is 47.1 Å². The van der Waals surface area contributed by atoms with Gasteiger partial charge in [0.05, 0.1) is 17.8 Å². The van der Waals surface area contributed by atoms with Crippen LogP contribution in [0.3, 0.4) is 0 Å². The van der Waals surface area contributed by atoms with Crippen LogP contribution in [0.1, 0.15) is 52.9 Å². The molecular weight excluding hydrogens is 568 g/mol. The summed E-state index contributed by atoms with van der Waals surface area (Å²) in [6.45, 7) is -0.176. The van der Waals surface area contributed by atoms with Crippen molar-refractivity contribution in [1.82, 2.24) is 15.3 Å². The van der Waals surface area contributed by atoms with Crippen molar-refractivity contribution in [2.75, 3.05) is 13.2 Å². The molecule has 8 nitrogen and oxygen atoms in total. The van der Waals surface area contributed by atoms with Crippen molar-refractivity contribution >= 4 is 22.7 Å². The number of aromatic nitrogens is 2. The summed E-state index contributed by atoms with van der Waals surface area (Å²) >= 11 is 0. The Bertz CT molecular complexity index is 1770. The van der Waals surface area contributed by atoms with Crippen LogP contribution in [0.25, 0.3) is 22.2 Å². The van der Waals surface area contributed by atoms with Gasteiger partial charge in [0.2, 0.25) is 11.5 Å². The first-order valence-corrected chi connectivity index (χ1v) is 13.5. The fourth-order valence-corrected chi connectivity index (χ4v) is 5.18. The van der Waals surface area contributed by atoms with E-state index in [0.717, 1.165) is 36.6 Å². The van der Waals surface area contributed by atoms with Crippen molar-refractivity contribution in [1.29, 1.82) is 0 Å². The van der Waals surface area contributed by atoms with E-state index in [4.69, 9.17) is 10.5 Å². The Morgan fingerprint density at radius 2 is 1.84 bits per heavy atom. The zero-order valence-corrected chi connectivity index (χ0v) is 22.8. The van der Waals surface area contributed by atoms with Crippen LogP contribution in [-0.4, -0.2) is 46.2 Å². The summed E-state index contributed by atoms with van der Waals surface area (Å²) in [5, 5.41) is 14.1. The minimum Gasteiger partial charge on any atom is -0.489 e. The van der Waals surface area contributed by atoms with Gasteiger partial charge in [-0.05, 0) is 85.8 Å². The number of carbonyl (C=O) groups excluding carboxylic acids is 2. The Labute approximate surface area is 242 Å². The van der Waals surface area contributed by atoms with Gasteiger partial charge in [-0.25, -0.2) is 9.37 Å². The molecule has 222 valence electrons. The second kappa shape index (κ2) is 10.0. The van der Waals surface area contributed by atoms with E-state index in [1.165, 1.54) is 31.2 Å². The predicted molar refractivity (Wildman–Crippen MR) is 148 cm³/mol. The van der Waals surface area contributed by atoms with Gasteiger partial charge in [-0.15, -0.1) is 0 Å². The number of nitrogens with zero attached hydrogens (tertiary/aromatic N) is 2. The van der Waals surface area contributed by atoms with Crippen molar-refractivity contribution in [2.24, 2.45) is 5.73 Å². The minimum absolute atomic E-state index is 0.0134. The normalized spacial score (nSPS) is 19.4. The molecule has 6 rings (SSSR count). The first-order valence-electron chi connectivity index (χ1n) is 13.5. The summed E-state index contributed by atoms with van der Waals surface area (Å²) in [5.41, 5.74) is 1.21. The lowest BCUT2D eigenvalue weighted by molar-refractivity contribution is -0.265. The number of fused-ring (bicyclic) bond motifs is 2. The van der Waals surface area contributed by atoms with E-state index >= 15 is 0 Å². The highest BCUT2D eigenvalue weighted by Gasteiger charge is 2.57. The molecule has 0 spiro atoms. The third-order valence-corrected chi connectivity index (χ3v) is 8.14. The largest absolute Gasteiger partial charge is 0.489 e. The molecule has 12 heteroatoms. The van der Waals surface area contributed by atoms with Gasteiger partial charge in [-0.3, -0.25) is 14.6 Å². The van der Waals surface area contributed by atoms with Crippen LogP contribution in [0.4, 0.5) is 17.6 Å². The highest BCUT2D eigenvalue weighted by Crippen LogP contribution is 2.47. The fraction of sp³-hybridized carbons (Fsp3) is 0.290. The van der Waals surface area contributed by atoms with Crippen molar-refractivity contribution in [2.45, 2.75) is 42.9 Å². The highest BCUT2D eigenvalue weighted by molar-refractivity contribution is 5.98. The third kappa shape index (κ3) is 4.95. The zero-order chi connectivity index (χ0) is 30.7. The molecule has 1 saturated carbocycles. The molecule has 43 heavy (non-hydrogen) atoms. The lowest BCUT2D eigenvalue weighted by Crippen LogP contribution is -2.51. The lowest BCUT2D eigenvalue weighted by Gasteiger charge is -2.31. The molecule has 0 saturated heterocycles. The molecule has 2 aliphatic rings. The number of nitrogens with two attached hydrogens (primary N) is 1. The SMILES string of the molecule is C[C@]1(C(N)=O)COc2c1cc([C@@](O)(CNC(=O)c1ccc3ncc(C4CC4)cc3c1)C(F)(F)F)nc2-c1ccc(F)cc1. The van der Waals surface area contributed by atoms with Gasteiger partial charge in [0.15, 0.2) is 0 Å². The Morgan fingerprint density at radius 1 is 1.12 bits per heavy atom. The van der Waals surface area contributed by atoms with Crippen molar-refractivity contribution in [3.05, 3.63) is 89.0 Å². The standard InChI is InChI=1S/C31H26F4N4O4/c1-29(28(36)41)15-43-26-22(29)12-24(39-25(26)17-4-7-21(32)8-5-17)30(42,31(33,34)35)14-38-27(40)18-6-9-23-19(10-18)11-20(13-37-23)16-2-3-16/h4-13,16,42H,2-3,14-15H2,1H3,(H2,36,41)(H,38,40)/t29-,30-/m0/s1. The van der Waals surface area contributed by atoms with Crippen molar-refractivity contribution < 1.29 is 37.0 Å². The number of hydrogen-bond acceptors (Lipinski definition) is 6. The number of benzene rings is 2. The van der Waals surface area contributed by atoms with E-state index in [2.05, 4.69) is 15.3 Å². The number of alkyl halides is 3. The second-order valence-electron chi connectivity index (χ2n) is 11.2. The molecule has 1 aliphatic heterocycles. The van der Waals surface area contributed by atoms with E-state index in [0.29, 0.717) is 16.8 Å². The molecule has 1 aliphatic carbocycles. The van der Waals surface area contributed by atoms with Crippen LogP contribution < -0.4 is 15.8 Å². The molecule has 4 aromatic rings. The summed E-state index contributed by atoms with van der Waals surface area (Å²) in [4.78, 5) is 34.0. The van der Waals surface area contributed by atoms with Crippen LogP contribution in [0.5, 0.6) is 5.75 Å². The third-order valence-electron chi connectivity index (χ3n) is 8.14. The molecule has 2 amide bonds. The number of carbonyl (C=O) groups is 2. The Kier molecular flexibility index (Phi) is 6.64. The fourth-order valence-electron chi connectivity index (χ4n) is 5.18. The number of halogens is 4. The predicted octanol–water partition coefficient (Wildman–Crippen LogP) is 4.63. The first kappa shape index (κ1) is 28.5. The van der Waals surface area contributed by atoms with Crippen LogP contribution in [-0.2, 0) is 15.8 Å². The van der Waals surface area contributed by atoms with Crippen LogP contribution in [0, 0.1) is 5.82 Å². The molecule has 0 bridgehead atoms. The van der Waals surface area contributed by atoms with E-state index in [1.54, 1.807) is 12.3 Å². The molecule has 1 fully saturated rings. The monoisotopic (exact) mass is 594 g/mol. The summed E-state index contributed by atoms with van der Waals surface area (Å²) in [6.07, 6.45) is -1.45. The zero-order valence-electron chi connectivity index (χ0n) is 22.8. The van der Waals surface area contributed by atoms with Crippen LogP contribution in [0.15, 0.2) is 60.8 Å². The molecule has 3 heterocycles. The number of rotatable bonds is 7. The van der Waals surface area contributed by atoms with Crippen LogP contribution >= 0.6 is 0 Å². The maximum Gasteiger partial charge on any atom is 0.424 e. The number of pyridine rings is 2. The van der Waals surface area contributed by atoms with E-state index in [-0.39, 0.29) is 34.7 Å². The van der Waals surface area contributed by atoms with Crippen LogP contribution in [0.2, 0.25) is 0 Å². The van der Waals surface area contributed by atoms with Crippen molar-refractivity contribution in [3.8, 4) is 17.0 Å². The number of nitrogens with one attached hydrogen (secondary N) is 1. The van der Waals surface area contributed by atoms with Gasteiger partial charge in [0, 0.05) is 28.3 Å². The topological polar surface area (TPSA) is 127 Å². The summed E-state index contributed by atoms with van der Waals surface area (Å²) in [7, 11) is 0. The molecule has 2 atom stereocenters. The first-order chi connectivity index (χ1) is 20.3. The van der Waals surface area contributed by atoms with Crippen molar-refractivity contribution in [3.63, 3.8) is 0 Å². The van der Waals surface area contributed by atoms with Gasteiger partial charge >= 0.3 is 6.18 Å². The maximum absolute atomic E-state index is 14.6. The average molecular weight is 595 g/mol. The van der Waals surface area contributed by atoms with Gasteiger partial charge in [-0.1, -0.05) is 0 Å². The smallest absolute Gasteiger partial charge is 0.424 e. The molecule has 4 N–H and O–H groups in total. The Hall–Kier alpha value is -4.58. The molecular formula is C31H26F4N4O4. The average Bonchev–Trinajstić information content (AvgIpc) is 3.77. The summed E-state index contributed by atoms with van der Waals surface area (Å²) in [5.74, 6) is -1.92. The van der Waals surface area contributed by atoms with E-state index in [1.807, 2.05) is 6.07 Å². The number of ether oxygens (including phenoxy) is 1. The van der Waals surface area contributed by atoms with Gasteiger partial charge in [-0.2, -0.15) is 13.2 Å². The van der Waals surface area contributed by atoms with Gasteiger partial charge in [0.1, 0.15) is 29.3 Å². The summed E-state index contributed by atoms with van der Waals surface area (Å²) < 4.78 is 63.2. The Balaban J connectivity index is 1.38. The van der Waals surface area contributed by atoms with Gasteiger partial charge < -0.3 is 20.9 Å². The molecule has 0 unspecified atom stereocenters. The molecule has 0 radical (unpaired) electrons. The number of aliphatic hydroxyl groups is 1. The molecule has 2 aromatic carbocycles. The van der Waals surface area contributed by atoms with E-state index in [9.17, 15) is 32.3 Å². The Morgan fingerprint density at radius 3 is 2.49 bits per heavy atom. The summed E-state index contributed by atoms with van der Waals surface area (Å²) in [6, 6.07) is 12.1. The lowest BCUT2D eigenvalue weighted by atomic mass is 9.81. The number of amides is 2. The minimum atomic E-state index is -5.32. The number of primary amides is 1. The second-order valence-corrected chi connectivity index (χ2v) is 11.2. The molecule has 2 aromatic heterocycles. The maximum atomic E-state index is 14.6.